The number of rotatable bonds is 7. The van der Waals surface area contributed by atoms with Gasteiger partial charge in [-0.25, -0.2) is 9.97 Å². The molecule has 0 atom stereocenters. The molecule has 3 rings (SSSR count). The molecule has 1 aliphatic rings. The van der Waals surface area contributed by atoms with Crippen LogP contribution in [0, 0.1) is 0 Å². The van der Waals surface area contributed by atoms with Gasteiger partial charge >= 0.3 is 0 Å². The minimum atomic E-state index is 0. The molecule has 158 valence electrons. The Kier molecular flexibility index (Phi) is 9.96. The van der Waals surface area contributed by atoms with Crippen LogP contribution in [0.5, 0.6) is 5.88 Å². The average molecular weight is 510 g/mol. The van der Waals surface area contributed by atoms with Gasteiger partial charge in [-0.15, -0.1) is 24.0 Å². The third kappa shape index (κ3) is 6.73. The summed E-state index contributed by atoms with van der Waals surface area (Å²) in [6.07, 6.45) is 5.76. The number of unbranched alkanes of at least 4 members (excludes halogenated alkanes) is 1. The minimum Gasteiger partial charge on any atom is -0.477 e. The Balaban J connectivity index is 0.00000300. The third-order valence-corrected chi connectivity index (χ3v) is 4.79. The van der Waals surface area contributed by atoms with Crippen molar-refractivity contribution in [1.82, 2.24) is 20.2 Å². The highest BCUT2D eigenvalue weighted by Crippen LogP contribution is 2.16. The predicted molar refractivity (Wildman–Crippen MR) is 128 cm³/mol. The Hall–Kier alpha value is -2.10. The van der Waals surface area contributed by atoms with Gasteiger partial charge in [0.25, 0.3) is 0 Å². The first-order valence-electron chi connectivity index (χ1n) is 10.00. The molecule has 2 aromatic heterocycles. The zero-order valence-electron chi connectivity index (χ0n) is 17.3. The van der Waals surface area contributed by atoms with E-state index in [0.717, 1.165) is 56.4 Å². The van der Waals surface area contributed by atoms with Crippen molar-refractivity contribution in [3.63, 3.8) is 0 Å². The van der Waals surface area contributed by atoms with Gasteiger partial charge in [-0.2, -0.15) is 0 Å². The Morgan fingerprint density at radius 2 is 1.90 bits per heavy atom. The van der Waals surface area contributed by atoms with Gasteiger partial charge in [-0.1, -0.05) is 25.5 Å². The molecule has 0 aliphatic carbocycles. The van der Waals surface area contributed by atoms with Crippen LogP contribution in [0.4, 0.5) is 5.82 Å². The van der Waals surface area contributed by atoms with E-state index in [1.54, 1.807) is 6.20 Å². The van der Waals surface area contributed by atoms with Crippen molar-refractivity contribution in [3.8, 4) is 5.88 Å². The lowest BCUT2D eigenvalue weighted by Gasteiger charge is -2.37. The van der Waals surface area contributed by atoms with Crippen molar-refractivity contribution < 1.29 is 4.74 Å². The summed E-state index contributed by atoms with van der Waals surface area (Å²) in [5, 5.41) is 3.46. The molecular weight excluding hydrogens is 479 g/mol. The predicted octanol–water partition coefficient (Wildman–Crippen LogP) is 3.17. The quantitative estimate of drug-likeness (QED) is 0.267. The van der Waals surface area contributed by atoms with Crippen molar-refractivity contribution in [2.75, 3.05) is 44.7 Å². The summed E-state index contributed by atoms with van der Waals surface area (Å²) in [4.78, 5) is 17.9. The first kappa shape index (κ1) is 23.2. The highest BCUT2D eigenvalue weighted by molar-refractivity contribution is 14.0. The largest absolute Gasteiger partial charge is 0.477 e. The summed E-state index contributed by atoms with van der Waals surface area (Å²) in [6, 6.07) is 10.0. The smallest absolute Gasteiger partial charge is 0.218 e. The number of hydrogen-bond donors (Lipinski definition) is 1. The van der Waals surface area contributed by atoms with E-state index in [2.05, 4.69) is 43.1 Å². The molecule has 0 amide bonds. The number of guanidine groups is 1. The second-order valence-corrected chi connectivity index (χ2v) is 6.73. The topological polar surface area (TPSA) is 65.9 Å². The molecule has 0 aromatic carbocycles. The monoisotopic (exact) mass is 510 g/mol. The number of hydrogen-bond acceptors (Lipinski definition) is 5. The van der Waals surface area contributed by atoms with Crippen molar-refractivity contribution in [1.29, 1.82) is 0 Å². The maximum absolute atomic E-state index is 5.83. The van der Waals surface area contributed by atoms with Gasteiger partial charge in [0.2, 0.25) is 5.88 Å². The highest BCUT2D eigenvalue weighted by atomic mass is 127. The van der Waals surface area contributed by atoms with Crippen molar-refractivity contribution in [2.45, 2.75) is 26.3 Å². The molecule has 29 heavy (non-hydrogen) atoms. The van der Waals surface area contributed by atoms with Gasteiger partial charge in [0.05, 0.1) is 6.61 Å². The number of anilines is 1. The molecule has 1 fully saturated rings. The van der Waals surface area contributed by atoms with E-state index in [9.17, 15) is 0 Å². The SMILES string of the molecule is CCCCOc1ncccc1CNC(=NC)N1CCN(c2ccccn2)CC1.I. The van der Waals surface area contributed by atoms with Gasteiger partial charge in [-0.3, -0.25) is 4.99 Å². The summed E-state index contributed by atoms with van der Waals surface area (Å²) in [5.74, 6) is 2.65. The first-order chi connectivity index (χ1) is 13.8. The number of pyridine rings is 2. The third-order valence-electron chi connectivity index (χ3n) is 4.79. The van der Waals surface area contributed by atoms with Gasteiger partial charge < -0.3 is 19.9 Å². The number of piperazine rings is 1. The maximum atomic E-state index is 5.83. The fraction of sp³-hybridized carbons (Fsp3) is 0.476. The van der Waals surface area contributed by atoms with E-state index in [0.29, 0.717) is 19.0 Å². The van der Waals surface area contributed by atoms with Crippen LogP contribution in [-0.4, -0.2) is 60.7 Å². The van der Waals surface area contributed by atoms with Gasteiger partial charge in [-0.05, 0) is 24.6 Å². The van der Waals surface area contributed by atoms with E-state index in [4.69, 9.17) is 4.74 Å². The fourth-order valence-electron chi connectivity index (χ4n) is 3.20. The fourth-order valence-corrected chi connectivity index (χ4v) is 3.20. The summed E-state index contributed by atoms with van der Waals surface area (Å²) < 4.78 is 5.83. The molecule has 1 saturated heterocycles. The molecule has 8 heteroatoms. The number of nitrogens with zero attached hydrogens (tertiary/aromatic N) is 5. The van der Waals surface area contributed by atoms with Crippen molar-refractivity contribution in [2.24, 2.45) is 4.99 Å². The first-order valence-corrected chi connectivity index (χ1v) is 10.00. The molecular formula is C21H31IN6O. The number of ether oxygens (including phenoxy) is 1. The van der Waals surface area contributed by atoms with E-state index in [1.165, 1.54) is 0 Å². The van der Waals surface area contributed by atoms with Crippen LogP contribution in [0.3, 0.4) is 0 Å². The Morgan fingerprint density at radius 3 is 2.59 bits per heavy atom. The Labute approximate surface area is 190 Å². The number of halogens is 1. The standard InChI is InChI=1S/C21H30N6O.HI/c1-3-4-16-28-20-18(8-7-11-24-20)17-25-21(22-2)27-14-12-26(13-15-27)19-9-5-6-10-23-19;/h5-11H,3-4,12-17H2,1-2H3,(H,22,25);1H. The van der Waals surface area contributed by atoms with E-state index in [-0.39, 0.29) is 24.0 Å². The average Bonchev–Trinajstić information content (AvgIpc) is 2.76. The van der Waals surface area contributed by atoms with Crippen LogP contribution in [0.25, 0.3) is 0 Å². The van der Waals surface area contributed by atoms with Crippen LogP contribution in [0.1, 0.15) is 25.3 Å². The Bertz CT molecular complexity index is 750. The zero-order valence-corrected chi connectivity index (χ0v) is 19.6. The van der Waals surface area contributed by atoms with E-state index >= 15 is 0 Å². The molecule has 0 spiro atoms. The van der Waals surface area contributed by atoms with E-state index < -0.39 is 0 Å². The lowest BCUT2D eigenvalue weighted by molar-refractivity contribution is 0.294. The number of nitrogens with one attached hydrogen (secondary N) is 1. The Morgan fingerprint density at radius 1 is 1.10 bits per heavy atom. The van der Waals surface area contributed by atoms with Gasteiger partial charge in [0, 0.05) is 57.7 Å². The molecule has 0 radical (unpaired) electrons. The van der Waals surface area contributed by atoms with Crippen LogP contribution >= 0.6 is 24.0 Å². The lowest BCUT2D eigenvalue weighted by atomic mass is 10.2. The highest BCUT2D eigenvalue weighted by Gasteiger charge is 2.20. The molecule has 1 aliphatic heterocycles. The molecule has 3 heterocycles. The van der Waals surface area contributed by atoms with Gasteiger partial charge in [0.15, 0.2) is 5.96 Å². The summed E-state index contributed by atoms with van der Waals surface area (Å²) in [6.45, 7) is 7.16. The summed E-state index contributed by atoms with van der Waals surface area (Å²) in [5.41, 5.74) is 1.05. The maximum Gasteiger partial charge on any atom is 0.218 e. The summed E-state index contributed by atoms with van der Waals surface area (Å²) in [7, 11) is 1.83. The molecule has 0 saturated carbocycles. The van der Waals surface area contributed by atoms with E-state index in [1.807, 2.05) is 37.5 Å². The van der Waals surface area contributed by atoms with Gasteiger partial charge in [0.1, 0.15) is 5.82 Å². The molecule has 1 N–H and O–H groups in total. The van der Waals surface area contributed by atoms with Crippen LogP contribution in [-0.2, 0) is 6.54 Å². The van der Waals surface area contributed by atoms with Crippen LogP contribution in [0.15, 0.2) is 47.7 Å². The second-order valence-electron chi connectivity index (χ2n) is 6.73. The van der Waals surface area contributed by atoms with Crippen LogP contribution in [0.2, 0.25) is 0 Å². The molecule has 2 aromatic rings. The zero-order chi connectivity index (χ0) is 19.6. The molecule has 7 nitrogen and oxygen atoms in total. The summed E-state index contributed by atoms with van der Waals surface area (Å²) >= 11 is 0. The minimum absolute atomic E-state index is 0. The normalized spacial score (nSPS) is 14.3. The van der Waals surface area contributed by atoms with Crippen LogP contribution < -0.4 is 15.0 Å². The lowest BCUT2D eigenvalue weighted by Crippen LogP contribution is -2.52. The number of aromatic nitrogens is 2. The molecule has 0 unspecified atom stereocenters. The second kappa shape index (κ2) is 12.5. The number of aliphatic imine (C=N–C) groups is 1. The molecule has 0 bridgehead atoms. The van der Waals surface area contributed by atoms with Crippen molar-refractivity contribution >= 4 is 35.8 Å². The van der Waals surface area contributed by atoms with Crippen molar-refractivity contribution in [3.05, 3.63) is 48.3 Å².